The van der Waals surface area contributed by atoms with Gasteiger partial charge in [0.1, 0.15) is 0 Å². The predicted octanol–water partition coefficient (Wildman–Crippen LogP) is 1.74. The van der Waals surface area contributed by atoms with Crippen LogP contribution in [0.15, 0.2) is 30.3 Å². The van der Waals surface area contributed by atoms with Gasteiger partial charge in [0.05, 0.1) is 18.8 Å². The average molecular weight is 249 g/mol. The van der Waals surface area contributed by atoms with Crippen LogP contribution in [0.5, 0.6) is 0 Å². The molecule has 1 saturated carbocycles. The van der Waals surface area contributed by atoms with Gasteiger partial charge in [0, 0.05) is 6.61 Å². The fraction of sp³-hybridized carbons (Fsp3) is 0.600. The molecule has 1 aliphatic rings. The molecule has 1 atom stereocenters. The van der Waals surface area contributed by atoms with Crippen molar-refractivity contribution in [1.82, 2.24) is 0 Å². The van der Waals surface area contributed by atoms with Gasteiger partial charge in [0.15, 0.2) is 0 Å². The van der Waals surface area contributed by atoms with Crippen LogP contribution in [0.4, 0.5) is 0 Å². The van der Waals surface area contributed by atoms with E-state index in [1.807, 2.05) is 6.07 Å². The number of aliphatic hydroxyl groups is 1. The molecule has 18 heavy (non-hydrogen) atoms. The van der Waals surface area contributed by atoms with Crippen LogP contribution in [-0.2, 0) is 11.2 Å². The Bertz CT molecular complexity index is 351. The fourth-order valence-electron chi connectivity index (χ4n) is 2.24. The Hall–Kier alpha value is -0.900. The molecule has 1 fully saturated rings. The molecule has 2 rings (SSSR count). The minimum atomic E-state index is -0.507. The van der Waals surface area contributed by atoms with Crippen LogP contribution >= 0.6 is 0 Å². The summed E-state index contributed by atoms with van der Waals surface area (Å²) in [5, 5.41) is 9.33. The summed E-state index contributed by atoms with van der Waals surface area (Å²) in [7, 11) is 0. The normalized spacial score (nSPS) is 18.6. The van der Waals surface area contributed by atoms with Gasteiger partial charge in [-0.2, -0.15) is 0 Å². The van der Waals surface area contributed by atoms with Crippen LogP contribution in [0, 0.1) is 5.92 Å². The lowest BCUT2D eigenvalue weighted by Gasteiger charge is -2.26. The molecule has 0 aromatic heterocycles. The Morgan fingerprint density at radius 1 is 1.28 bits per heavy atom. The highest BCUT2D eigenvalue weighted by Gasteiger charge is 2.41. The van der Waals surface area contributed by atoms with Crippen molar-refractivity contribution in [2.45, 2.75) is 31.2 Å². The molecule has 0 amide bonds. The third-order valence-electron chi connectivity index (χ3n) is 3.65. The van der Waals surface area contributed by atoms with Gasteiger partial charge in [-0.05, 0) is 37.2 Å². The molecule has 0 spiro atoms. The summed E-state index contributed by atoms with van der Waals surface area (Å²) in [6.07, 6.45) is 4.28. The van der Waals surface area contributed by atoms with Gasteiger partial charge >= 0.3 is 0 Å². The SMILES string of the molecule is NC(CO)(COCCCc1ccccc1)C1CC1. The lowest BCUT2D eigenvalue weighted by Crippen LogP contribution is -2.50. The van der Waals surface area contributed by atoms with Crippen LogP contribution < -0.4 is 5.73 Å². The van der Waals surface area contributed by atoms with Crippen molar-refractivity contribution in [1.29, 1.82) is 0 Å². The van der Waals surface area contributed by atoms with Crippen molar-refractivity contribution in [3.05, 3.63) is 35.9 Å². The molecule has 0 saturated heterocycles. The van der Waals surface area contributed by atoms with E-state index in [0.29, 0.717) is 19.1 Å². The van der Waals surface area contributed by atoms with E-state index in [2.05, 4.69) is 24.3 Å². The minimum absolute atomic E-state index is 0.0242. The van der Waals surface area contributed by atoms with Crippen molar-refractivity contribution in [3.63, 3.8) is 0 Å². The van der Waals surface area contributed by atoms with E-state index in [-0.39, 0.29) is 6.61 Å². The second-order valence-electron chi connectivity index (χ2n) is 5.31. The molecule has 0 aliphatic heterocycles. The first-order chi connectivity index (χ1) is 8.74. The lowest BCUT2D eigenvalue weighted by atomic mass is 9.97. The van der Waals surface area contributed by atoms with Crippen molar-refractivity contribution >= 4 is 0 Å². The zero-order valence-corrected chi connectivity index (χ0v) is 10.8. The number of rotatable bonds is 8. The topological polar surface area (TPSA) is 55.5 Å². The molecule has 1 unspecified atom stereocenters. The van der Waals surface area contributed by atoms with E-state index in [1.54, 1.807) is 0 Å². The first-order valence-electron chi connectivity index (χ1n) is 6.76. The Balaban J connectivity index is 1.61. The van der Waals surface area contributed by atoms with Crippen LogP contribution in [0.2, 0.25) is 0 Å². The highest BCUT2D eigenvalue weighted by molar-refractivity contribution is 5.14. The molecular formula is C15H23NO2. The van der Waals surface area contributed by atoms with E-state index in [4.69, 9.17) is 10.5 Å². The zero-order chi connectivity index (χ0) is 12.8. The van der Waals surface area contributed by atoms with Crippen LogP contribution in [0.3, 0.4) is 0 Å². The van der Waals surface area contributed by atoms with Crippen molar-refractivity contribution in [3.8, 4) is 0 Å². The number of benzene rings is 1. The quantitative estimate of drug-likeness (QED) is 0.690. The number of hydrogen-bond donors (Lipinski definition) is 2. The van der Waals surface area contributed by atoms with Gasteiger partial charge < -0.3 is 15.6 Å². The summed E-state index contributed by atoms with van der Waals surface area (Å²) >= 11 is 0. The average Bonchev–Trinajstić information content (AvgIpc) is 3.24. The third kappa shape index (κ3) is 3.80. The van der Waals surface area contributed by atoms with E-state index in [0.717, 1.165) is 25.7 Å². The smallest absolute Gasteiger partial charge is 0.0671 e. The predicted molar refractivity (Wildman–Crippen MR) is 72.3 cm³/mol. The van der Waals surface area contributed by atoms with Gasteiger partial charge in [0.2, 0.25) is 0 Å². The van der Waals surface area contributed by atoms with Crippen LogP contribution in [-0.4, -0.2) is 30.5 Å². The van der Waals surface area contributed by atoms with Gasteiger partial charge in [-0.1, -0.05) is 30.3 Å². The maximum absolute atomic E-state index is 9.33. The Labute approximate surface area is 109 Å². The fourth-order valence-corrected chi connectivity index (χ4v) is 2.24. The summed E-state index contributed by atoms with van der Waals surface area (Å²) in [5.74, 6) is 0.455. The molecule has 100 valence electrons. The lowest BCUT2D eigenvalue weighted by molar-refractivity contribution is 0.0435. The van der Waals surface area contributed by atoms with E-state index < -0.39 is 5.54 Å². The molecule has 0 bridgehead atoms. The second kappa shape index (κ2) is 6.32. The summed E-state index contributed by atoms with van der Waals surface area (Å²) < 4.78 is 5.63. The van der Waals surface area contributed by atoms with Gasteiger partial charge in [0.25, 0.3) is 0 Å². The van der Waals surface area contributed by atoms with Crippen LogP contribution in [0.25, 0.3) is 0 Å². The Kier molecular flexibility index (Phi) is 4.75. The monoisotopic (exact) mass is 249 g/mol. The largest absolute Gasteiger partial charge is 0.394 e. The first kappa shape index (κ1) is 13.5. The molecular weight excluding hydrogens is 226 g/mol. The Morgan fingerprint density at radius 3 is 2.61 bits per heavy atom. The molecule has 0 heterocycles. The standard InChI is InChI=1S/C15H23NO2/c16-15(11-17,14-8-9-14)12-18-10-4-7-13-5-2-1-3-6-13/h1-3,5-6,14,17H,4,7-12,16H2. The highest BCUT2D eigenvalue weighted by Crippen LogP contribution is 2.38. The van der Waals surface area contributed by atoms with Crippen molar-refractivity contribution in [2.75, 3.05) is 19.8 Å². The maximum Gasteiger partial charge on any atom is 0.0671 e. The maximum atomic E-state index is 9.33. The highest BCUT2D eigenvalue weighted by atomic mass is 16.5. The van der Waals surface area contributed by atoms with Gasteiger partial charge in [-0.25, -0.2) is 0 Å². The summed E-state index contributed by atoms with van der Waals surface area (Å²) in [5.41, 5.74) is 6.95. The molecule has 3 N–H and O–H groups in total. The van der Waals surface area contributed by atoms with E-state index in [1.165, 1.54) is 5.56 Å². The molecule has 1 aromatic carbocycles. The molecule has 3 heteroatoms. The Morgan fingerprint density at radius 2 is 2.00 bits per heavy atom. The molecule has 3 nitrogen and oxygen atoms in total. The van der Waals surface area contributed by atoms with Gasteiger partial charge in [-0.15, -0.1) is 0 Å². The molecule has 1 aromatic rings. The van der Waals surface area contributed by atoms with Crippen LogP contribution in [0.1, 0.15) is 24.8 Å². The molecule has 0 radical (unpaired) electrons. The number of ether oxygens (including phenoxy) is 1. The number of nitrogens with two attached hydrogens (primary N) is 1. The zero-order valence-electron chi connectivity index (χ0n) is 10.8. The summed E-state index contributed by atoms with van der Waals surface area (Å²) in [4.78, 5) is 0. The van der Waals surface area contributed by atoms with Gasteiger partial charge in [-0.3, -0.25) is 0 Å². The first-order valence-corrected chi connectivity index (χ1v) is 6.76. The van der Waals surface area contributed by atoms with E-state index >= 15 is 0 Å². The minimum Gasteiger partial charge on any atom is -0.394 e. The molecule has 1 aliphatic carbocycles. The van der Waals surface area contributed by atoms with Crippen molar-refractivity contribution < 1.29 is 9.84 Å². The third-order valence-corrected chi connectivity index (χ3v) is 3.65. The van der Waals surface area contributed by atoms with Crippen molar-refractivity contribution in [2.24, 2.45) is 11.7 Å². The van der Waals surface area contributed by atoms with E-state index in [9.17, 15) is 5.11 Å². The number of aryl methyl sites for hydroxylation is 1. The number of aliphatic hydroxyl groups excluding tert-OH is 1. The summed E-state index contributed by atoms with van der Waals surface area (Å²) in [6.45, 7) is 1.21. The number of hydrogen-bond acceptors (Lipinski definition) is 3. The second-order valence-corrected chi connectivity index (χ2v) is 5.31. The summed E-state index contributed by atoms with van der Waals surface area (Å²) in [6, 6.07) is 10.4.